The molecular weight excluding hydrogens is 226 g/mol. The first-order chi connectivity index (χ1) is 8.75. The van der Waals surface area contributed by atoms with E-state index in [1.165, 1.54) is 18.5 Å². The van der Waals surface area contributed by atoms with Gasteiger partial charge in [-0.1, -0.05) is 13.8 Å². The molecule has 100 valence electrons. The number of ether oxygens (including phenoxy) is 1. The molecule has 2 aliphatic rings. The highest BCUT2D eigenvalue weighted by Crippen LogP contribution is 2.41. The standard InChI is InChI=1S/C14H23N3O/c1-10(2)16-7-11-5-6-18-14(11)13-8-15-9-17(13)12-3-4-12/h8-12,14,16H,3-7H2,1-2H3. The SMILES string of the molecule is CC(C)NCC1CCOC1c1cncn1C1CC1. The number of imidazole rings is 1. The van der Waals surface area contributed by atoms with Crippen molar-refractivity contribution in [2.24, 2.45) is 5.92 Å². The highest BCUT2D eigenvalue weighted by molar-refractivity contribution is 5.10. The van der Waals surface area contributed by atoms with Crippen molar-refractivity contribution in [2.75, 3.05) is 13.2 Å². The second-order valence-corrected chi connectivity index (χ2v) is 5.86. The van der Waals surface area contributed by atoms with E-state index in [1.54, 1.807) is 0 Å². The van der Waals surface area contributed by atoms with E-state index in [4.69, 9.17) is 4.74 Å². The summed E-state index contributed by atoms with van der Waals surface area (Å²) in [6, 6.07) is 1.23. The Balaban J connectivity index is 1.71. The summed E-state index contributed by atoms with van der Waals surface area (Å²) in [5.74, 6) is 0.585. The van der Waals surface area contributed by atoms with Crippen molar-refractivity contribution >= 4 is 0 Å². The molecule has 0 aromatic carbocycles. The smallest absolute Gasteiger partial charge is 0.103 e. The molecule has 0 spiro atoms. The van der Waals surface area contributed by atoms with Gasteiger partial charge in [-0.3, -0.25) is 0 Å². The van der Waals surface area contributed by atoms with Crippen LogP contribution < -0.4 is 5.32 Å². The summed E-state index contributed by atoms with van der Waals surface area (Å²) < 4.78 is 8.29. The van der Waals surface area contributed by atoms with Crippen LogP contribution in [0.5, 0.6) is 0 Å². The van der Waals surface area contributed by atoms with Gasteiger partial charge in [-0.2, -0.15) is 0 Å². The van der Waals surface area contributed by atoms with Gasteiger partial charge in [0.1, 0.15) is 6.10 Å². The quantitative estimate of drug-likeness (QED) is 0.870. The Morgan fingerprint density at radius 2 is 2.28 bits per heavy atom. The molecule has 0 bridgehead atoms. The molecule has 4 heteroatoms. The minimum atomic E-state index is 0.236. The zero-order valence-electron chi connectivity index (χ0n) is 11.3. The van der Waals surface area contributed by atoms with E-state index >= 15 is 0 Å². The molecule has 1 aliphatic heterocycles. The third-order valence-corrected chi connectivity index (χ3v) is 3.93. The number of aromatic nitrogens is 2. The second kappa shape index (κ2) is 5.02. The molecule has 0 radical (unpaired) electrons. The van der Waals surface area contributed by atoms with E-state index in [-0.39, 0.29) is 6.10 Å². The van der Waals surface area contributed by atoms with E-state index in [0.29, 0.717) is 18.0 Å². The molecule has 1 saturated carbocycles. The van der Waals surface area contributed by atoms with Crippen LogP contribution in [0.2, 0.25) is 0 Å². The molecular formula is C14H23N3O. The molecule has 0 amide bonds. The summed E-state index contributed by atoms with van der Waals surface area (Å²) in [4.78, 5) is 4.32. The van der Waals surface area contributed by atoms with Gasteiger partial charge in [-0.05, 0) is 19.3 Å². The van der Waals surface area contributed by atoms with Crippen LogP contribution in [0.15, 0.2) is 12.5 Å². The lowest BCUT2D eigenvalue weighted by atomic mass is 9.99. The van der Waals surface area contributed by atoms with Crippen molar-refractivity contribution in [1.82, 2.24) is 14.9 Å². The first-order valence-corrected chi connectivity index (χ1v) is 7.12. The molecule has 3 rings (SSSR count). The van der Waals surface area contributed by atoms with Gasteiger partial charge >= 0.3 is 0 Å². The van der Waals surface area contributed by atoms with Crippen LogP contribution in [-0.2, 0) is 4.74 Å². The summed E-state index contributed by atoms with van der Waals surface area (Å²) in [7, 11) is 0. The first kappa shape index (κ1) is 12.2. The molecule has 2 unspecified atom stereocenters. The van der Waals surface area contributed by atoms with Gasteiger partial charge in [0, 0.05) is 31.2 Å². The maximum absolute atomic E-state index is 5.96. The minimum absolute atomic E-state index is 0.236. The van der Waals surface area contributed by atoms with Crippen LogP contribution in [0.3, 0.4) is 0 Å². The first-order valence-electron chi connectivity index (χ1n) is 7.12. The Morgan fingerprint density at radius 3 is 3.00 bits per heavy atom. The van der Waals surface area contributed by atoms with Crippen molar-refractivity contribution in [1.29, 1.82) is 0 Å². The van der Waals surface area contributed by atoms with Gasteiger partial charge in [0.15, 0.2) is 0 Å². The maximum Gasteiger partial charge on any atom is 0.103 e. The van der Waals surface area contributed by atoms with Gasteiger partial charge in [0.05, 0.1) is 18.2 Å². The second-order valence-electron chi connectivity index (χ2n) is 5.86. The Morgan fingerprint density at radius 1 is 1.44 bits per heavy atom. The Hall–Kier alpha value is -0.870. The van der Waals surface area contributed by atoms with Crippen molar-refractivity contribution < 1.29 is 4.74 Å². The third-order valence-electron chi connectivity index (χ3n) is 3.93. The maximum atomic E-state index is 5.96. The molecule has 18 heavy (non-hydrogen) atoms. The van der Waals surface area contributed by atoms with E-state index < -0.39 is 0 Å². The lowest BCUT2D eigenvalue weighted by Crippen LogP contribution is -2.30. The number of nitrogens with zero attached hydrogens (tertiary/aromatic N) is 2. The highest BCUT2D eigenvalue weighted by atomic mass is 16.5. The fourth-order valence-corrected chi connectivity index (χ4v) is 2.75. The third kappa shape index (κ3) is 2.45. The lowest BCUT2D eigenvalue weighted by molar-refractivity contribution is 0.0835. The molecule has 1 aliphatic carbocycles. The monoisotopic (exact) mass is 249 g/mol. The number of hydrogen-bond donors (Lipinski definition) is 1. The minimum Gasteiger partial charge on any atom is -0.372 e. The molecule has 2 fully saturated rings. The van der Waals surface area contributed by atoms with Gasteiger partial charge in [0.25, 0.3) is 0 Å². The van der Waals surface area contributed by atoms with E-state index in [0.717, 1.165) is 19.6 Å². The summed E-state index contributed by atoms with van der Waals surface area (Å²) in [5.41, 5.74) is 1.28. The van der Waals surface area contributed by atoms with E-state index in [9.17, 15) is 0 Å². The number of nitrogens with one attached hydrogen (secondary N) is 1. The van der Waals surface area contributed by atoms with Crippen LogP contribution in [-0.4, -0.2) is 28.7 Å². The summed E-state index contributed by atoms with van der Waals surface area (Å²) in [5, 5.41) is 3.53. The number of rotatable bonds is 5. The number of hydrogen-bond acceptors (Lipinski definition) is 3. The van der Waals surface area contributed by atoms with Gasteiger partial charge < -0.3 is 14.6 Å². The predicted molar refractivity (Wildman–Crippen MR) is 70.4 cm³/mol. The van der Waals surface area contributed by atoms with Crippen molar-refractivity contribution in [3.05, 3.63) is 18.2 Å². The van der Waals surface area contributed by atoms with Gasteiger partial charge in [0.2, 0.25) is 0 Å². The highest BCUT2D eigenvalue weighted by Gasteiger charge is 2.35. The Labute approximate surface area is 109 Å². The topological polar surface area (TPSA) is 39.1 Å². The summed E-state index contributed by atoms with van der Waals surface area (Å²) >= 11 is 0. The van der Waals surface area contributed by atoms with Crippen LogP contribution in [0.25, 0.3) is 0 Å². The van der Waals surface area contributed by atoms with Crippen LogP contribution in [0.1, 0.15) is 50.9 Å². The summed E-state index contributed by atoms with van der Waals surface area (Å²) in [6.07, 6.45) is 7.95. The van der Waals surface area contributed by atoms with Crippen molar-refractivity contribution in [3.8, 4) is 0 Å². The Kier molecular flexibility index (Phi) is 3.39. The molecule has 2 atom stereocenters. The summed E-state index contributed by atoms with van der Waals surface area (Å²) in [6.45, 7) is 6.31. The van der Waals surface area contributed by atoms with Crippen molar-refractivity contribution in [2.45, 2.75) is 51.3 Å². The molecule has 1 N–H and O–H groups in total. The molecule has 1 aromatic rings. The van der Waals surface area contributed by atoms with E-state index in [2.05, 4.69) is 28.7 Å². The zero-order valence-corrected chi connectivity index (χ0v) is 11.3. The van der Waals surface area contributed by atoms with Crippen molar-refractivity contribution in [3.63, 3.8) is 0 Å². The van der Waals surface area contributed by atoms with Gasteiger partial charge in [-0.15, -0.1) is 0 Å². The molecule has 4 nitrogen and oxygen atoms in total. The lowest BCUT2D eigenvalue weighted by Gasteiger charge is -2.21. The largest absolute Gasteiger partial charge is 0.372 e. The predicted octanol–water partition coefficient (Wildman–Crippen LogP) is 2.29. The van der Waals surface area contributed by atoms with Crippen LogP contribution in [0, 0.1) is 5.92 Å². The average molecular weight is 249 g/mol. The molecule has 1 saturated heterocycles. The average Bonchev–Trinajstić information content (AvgIpc) is 2.91. The normalized spacial score (nSPS) is 28.2. The zero-order chi connectivity index (χ0) is 12.5. The Bertz CT molecular complexity index is 397. The van der Waals surface area contributed by atoms with E-state index in [1.807, 2.05) is 12.5 Å². The van der Waals surface area contributed by atoms with Gasteiger partial charge in [-0.25, -0.2) is 4.98 Å². The van der Waals surface area contributed by atoms with Crippen LogP contribution in [0.4, 0.5) is 0 Å². The van der Waals surface area contributed by atoms with Crippen LogP contribution >= 0.6 is 0 Å². The fourth-order valence-electron chi connectivity index (χ4n) is 2.75. The molecule has 1 aromatic heterocycles. The molecule has 2 heterocycles. The fraction of sp³-hybridized carbons (Fsp3) is 0.786.